The number of aromatic nitrogens is 3. The number of fused-ring (bicyclic) bond motifs is 5. The van der Waals surface area contributed by atoms with Crippen molar-refractivity contribution in [1.29, 1.82) is 0 Å². The molecule has 278 valence electrons. The van der Waals surface area contributed by atoms with Crippen molar-refractivity contribution in [2.45, 2.75) is 0 Å². The largest absolute Gasteiger partial charge is 0.316 e. The van der Waals surface area contributed by atoms with Gasteiger partial charge in [0.25, 0.3) is 0 Å². The summed E-state index contributed by atoms with van der Waals surface area (Å²) in [4.78, 5) is 6.67. The third-order valence-electron chi connectivity index (χ3n) is 11.5. The number of hydrogen-bond donors (Lipinski definition) is 0. The molecule has 0 fully saturated rings. The first kappa shape index (κ1) is 34.3. The summed E-state index contributed by atoms with van der Waals surface area (Å²) in [6.07, 6.45) is 5.91. The van der Waals surface area contributed by atoms with E-state index >= 15 is 0 Å². The minimum atomic E-state index is 1.08. The van der Waals surface area contributed by atoms with Crippen LogP contribution >= 0.6 is 0 Å². The van der Waals surface area contributed by atoms with E-state index in [0.717, 1.165) is 39.6 Å². The van der Waals surface area contributed by atoms with E-state index in [1.807, 2.05) is 18.5 Å². The van der Waals surface area contributed by atoms with E-state index in [-0.39, 0.29) is 0 Å². The smallest absolute Gasteiger partial charge is 0.0635 e. The van der Waals surface area contributed by atoms with Crippen LogP contribution in [0.25, 0.3) is 77.5 Å². The first-order valence-corrected chi connectivity index (χ1v) is 20.0. The molecule has 11 aromatic rings. The highest BCUT2D eigenvalue weighted by atomic mass is 15.1. The molecule has 0 atom stereocenters. The lowest BCUT2D eigenvalue weighted by Gasteiger charge is -2.26. The lowest BCUT2D eigenvalue weighted by Crippen LogP contribution is -2.09. The van der Waals surface area contributed by atoms with Crippen molar-refractivity contribution in [3.05, 3.63) is 231 Å². The van der Waals surface area contributed by atoms with Crippen LogP contribution in [0.3, 0.4) is 0 Å². The first-order chi connectivity index (χ1) is 29.3. The van der Waals surface area contributed by atoms with Gasteiger partial charge in [-0.05, 0) is 124 Å². The van der Waals surface area contributed by atoms with Crippen molar-refractivity contribution in [3.63, 3.8) is 0 Å². The fourth-order valence-corrected chi connectivity index (χ4v) is 8.59. The van der Waals surface area contributed by atoms with Crippen LogP contribution in [0.1, 0.15) is 0 Å². The van der Waals surface area contributed by atoms with Crippen LogP contribution in [0.2, 0.25) is 0 Å². The summed E-state index contributed by atoms with van der Waals surface area (Å²) in [5, 5.41) is 3.69. The lowest BCUT2D eigenvalue weighted by atomic mass is 10.0. The van der Waals surface area contributed by atoms with Gasteiger partial charge >= 0.3 is 0 Å². The molecule has 3 aromatic heterocycles. The van der Waals surface area contributed by atoms with Crippen molar-refractivity contribution in [1.82, 2.24) is 14.1 Å². The highest BCUT2D eigenvalue weighted by Crippen LogP contribution is 2.41. The number of rotatable bonds is 8. The predicted molar refractivity (Wildman–Crippen MR) is 246 cm³/mol. The van der Waals surface area contributed by atoms with E-state index in [1.54, 1.807) is 0 Å². The molecule has 0 N–H and O–H groups in total. The lowest BCUT2D eigenvalue weighted by molar-refractivity contribution is 1.13. The number of para-hydroxylation sites is 2. The minimum absolute atomic E-state index is 1.08. The van der Waals surface area contributed by atoms with Gasteiger partial charge in [-0.3, -0.25) is 4.98 Å². The second-order valence-corrected chi connectivity index (χ2v) is 14.9. The molecule has 0 saturated heterocycles. The molecule has 4 heteroatoms. The van der Waals surface area contributed by atoms with Crippen molar-refractivity contribution in [2.75, 3.05) is 4.90 Å². The Hall–Kier alpha value is -7.95. The molecule has 3 heterocycles. The Bertz CT molecular complexity index is 3120. The molecule has 59 heavy (non-hydrogen) atoms. The SMILES string of the molecule is c1ccc(-c2ccc(N(c3ccc(-c4cccnc4)cc3)c3ccc(-c4ccc5c(c4)c4ccc6c(ccn6-c6ccccc6)c4n5-c4ccccc4)cc3)cc2)cc1. The number of anilines is 3. The predicted octanol–water partition coefficient (Wildman–Crippen LogP) is 14.6. The van der Waals surface area contributed by atoms with Gasteiger partial charge in [0.1, 0.15) is 0 Å². The van der Waals surface area contributed by atoms with Crippen LogP contribution in [0, 0.1) is 0 Å². The molecule has 0 unspecified atom stereocenters. The number of hydrogen-bond acceptors (Lipinski definition) is 2. The van der Waals surface area contributed by atoms with Gasteiger partial charge in [0.05, 0.1) is 16.6 Å². The summed E-state index contributed by atoms with van der Waals surface area (Å²) < 4.78 is 4.71. The molecule has 0 spiro atoms. The average molecular weight is 755 g/mol. The zero-order chi connectivity index (χ0) is 39.1. The summed E-state index contributed by atoms with van der Waals surface area (Å²) in [6.45, 7) is 0. The minimum Gasteiger partial charge on any atom is -0.316 e. The van der Waals surface area contributed by atoms with Crippen LogP contribution in [0.4, 0.5) is 17.1 Å². The van der Waals surface area contributed by atoms with Crippen molar-refractivity contribution < 1.29 is 0 Å². The van der Waals surface area contributed by atoms with Crippen molar-refractivity contribution in [2.24, 2.45) is 0 Å². The van der Waals surface area contributed by atoms with Crippen LogP contribution in [-0.4, -0.2) is 14.1 Å². The molecular weight excluding hydrogens is 717 g/mol. The van der Waals surface area contributed by atoms with Gasteiger partial charge in [-0.2, -0.15) is 0 Å². The van der Waals surface area contributed by atoms with Gasteiger partial charge in [0.2, 0.25) is 0 Å². The topological polar surface area (TPSA) is 26.0 Å². The molecule has 0 aliphatic rings. The van der Waals surface area contributed by atoms with Crippen molar-refractivity contribution >= 4 is 49.8 Å². The van der Waals surface area contributed by atoms with E-state index in [9.17, 15) is 0 Å². The molecular formula is C55H38N4. The second-order valence-electron chi connectivity index (χ2n) is 14.9. The van der Waals surface area contributed by atoms with Crippen molar-refractivity contribution in [3.8, 4) is 44.8 Å². The van der Waals surface area contributed by atoms with Gasteiger partial charge in [-0.25, -0.2) is 0 Å². The molecule has 8 aromatic carbocycles. The number of nitrogens with zero attached hydrogens (tertiary/aromatic N) is 4. The molecule has 4 nitrogen and oxygen atoms in total. The molecule has 0 saturated carbocycles. The Balaban J connectivity index is 1.00. The highest BCUT2D eigenvalue weighted by Gasteiger charge is 2.19. The van der Waals surface area contributed by atoms with E-state index in [0.29, 0.717) is 0 Å². The second kappa shape index (κ2) is 14.5. The Morgan fingerprint density at radius 1 is 0.356 bits per heavy atom. The summed E-state index contributed by atoms with van der Waals surface area (Å²) >= 11 is 0. The maximum atomic E-state index is 4.34. The first-order valence-electron chi connectivity index (χ1n) is 20.0. The van der Waals surface area contributed by atoms with Gasteiger partial charge in [0, 0.05) is 63.2 Å². The highest BCUT2D eigenvalue weighted by molar-refractivity contribution is 6.19. The van der Waals surface area contributed by atoms with Crippen LogP contribution in [0.15, 0.2) is 231 Å². The quantitative estimate of drug-likeness (QED) is 0.154. The summed E-state index contributed by atoms with van der Waals surface area (Å²) in [7, 11) is 0. The fraction of sp³-hybridized carbons (Fsp3) is 0. The standard InChI is InChI=1S/C55H38N4/c1-4-11-39(12-5-1)40-18-25-47(26-19-40)58(49-29-22-42(23-30-49)44-13-10-35-56-38-44)48-27-20-41(21-28-48)43-24-32-54-52(37-43)50-31-33-53-51(34-36-57(53)45-14-6-2-7-15-45)55(50)59(54)46-16-8-3-9-17-46/h1-38H. The Morgan fingerprint density at radius 2 is 0.864 bits per heavy atom. The Morgan fingerprint density at radius 3 is 1.47 bits per heavy atom. The van der Waals surface area contributed by atoms with Crippen LogP contribution in [0.5, 0.6) is 0 Å². The van der Waals surface area contributed by atoms with Crippen LogP contribution in [-0.2, 0) is 0 Å². The zero-order valence-corrected chi connectivity index (χ0v) is 32.2. The summed E-state index contributed by atoms with van der Waals surface area (Å²) in [6, 6.07) is 76.2. The number of benzene rings is 8. The third kappa shape index (κ3) is 6.15. The summed E-state index contributed by atoms with van der Waals surface area (Å²) in [5.41, 5.74) is 16.1. The summed E-state index contributed by atoms with van der Waals surface area (Å²) in [5.74, 6) is 0. The van der Waals surface area contributed by atoms with E-state index in [4.69, 9.17) is 0 Å². The van der Waals surface area contributed by atoms with Crippen LogP contribution < -0.4 is 4.90 Å². The van der Waals surface area contributed by atoms with Gasteiger partial charge in [-0.15, -0.1) is 0 Å². The van der Waals surface area contributed by atoms with Gasteiger partial charge in [0.15, 0.2) is 0 Å². The molecule has 0 aliphatic carbocycles. The molecule has 11 rings (SSSR count). The normalized spacial score (nSPS) is 11.4. The van der Waals surface area contributed by atoms with Gasteiger partial charge in [-0.1, -0.05) is 121 Å². The molecule has 0 radical (unpaired) electrons. The maximum Gasteiger partial charge on any atom is 0.0635 e. The van der Waals surface area contributed by atoms with E-state index in [1.165, 1.54) is 55.0 Å². The zero-order valence-electron chi connectivity index (χ0n) is 32.2. The van der Waals surface area contributed by atoms with E-state index < -0.39 is 0 Å². The monoisotopic (exact) mass is 754 g/mol. The molecule has 0 bridgehead atoms. The third-order valence-corrected chi connectivity index (χ3v) is 11.5. The number of pyridine rings is 1. The Kier molecular flexibility index (Phi) is 8.45. The van der Waals surface area contributed by atoms with Gasteiger partial charge < -0.3 is 14.0 Å². The molecule has 0 aliphatic heterocycles. The maximum absolute atomic E-state index is 4.34. The van der Waals surface area contributed by atoms with E-state index in [2.05, 4.69) is 231 Å². The average Bonchev–Trinajstić information content (AvgIpc) is 3.90. The Labute approximate surface area is 343 Å². The molecule has 0 amide bonds. The fourth-order valence-electron chi connectivity index (χ4n) is 8.59.